The van der Waals surface area contributed by atoms with Gasteiger partial charge in [-0.1, -0.05) is 31.9 Å². The molecule has 26 heavy (non-hydrogen) atoms. The highest BCUT2D eigenvalue weighted by Gasteiger charge is 2.56. The van der Waals surface area contributed by atoms with Crippen molar-refractivity contribution in [2.75, 3.05) is 13.7 Å². The van der Waals surface area contributed by atoms with E-state index in [1.807, 2.05) is 0 Å². The second kappa shape index (κ2) is 6.85. The third kappa shape index (κ3) is 2.93. The van der Waals surface area contributed by atoms with Crippen LogP contribution in [-0.2, 0) is 23.8 Å². The summed E-state index contributed by atoms with van der Waals surface area (Å²) >= 11 is 0. The summed E-state index contributed by atoms with van der Waals surface area (Å²) in [7, 11) is 1.46. The van der Waals surface area contributed by atoms with Crippen molar-refractivity contribution in [3.05, 3.63) is 48.6 Å². The molecule has 1 saturated heterocycles. The molecular formula is C20H24O6. The number of fused-ring (bicyclic) bond motifs is 3. The SMILES string of the molecule is C=C(COC)C(=O)OC1CC(=C)C2CC(O)C(=C)C2C2OC(=O)C(=C)C12. The maximum Gasteiger partial charge on any atom is 0.336 e. The van der Waals surface area contributed by atoms with E-state index in [0.29, 0.717) is 18.4 Å². The average molecular weight is 360 g/mol. The molecule has 3 rings (SSSR count). The summed E-state index contributed by atoms with van der Waals surface area (Å²) in [5.74, 6) is -1.92. The van der Waals surface area contributed by atoms with E-state index in [9.17, 15) is 14.7 Å². The third-order valence-corrected chi connectivity index (χ3v) is 5.64. The number of carbonyl (C=O) groups excluding carboxylic acids is 2. The molecule has 0 aromatic carbocycles. The van der Waals surface area contributed by atoms with Crippen LogP contribution >= 0.6 is 0 Å². The highest BCUT2D eigenvalue weighted by molar-refractivity contribution is 5.92. The lowest BCUT2D eigenvalue weighted by atomic mass is 9.81. The Bertz CT molecular complexity index is 705. The molecule has 2 aliphatic carbocycles. The van der Waals surface area contributed by atoms with Gasteiger partial charge in [-0.15, -0.1) is 0 Å². The third-order valence-electron chi connectivity index (χ3n) is 5.64. The number of methoxy groups -OCH3 is 1. The van der Waals surface area contributed by atoms with Crippen LogP contribution < -0.4 is 0 Å². The molecule has 0 aromatic rings. The number of hydrogen-bond acceptors (Lipinski definition) is 6. The number of aliphatic hydroxyl groups excluding tert-OH is 1. The van der Waals surface area contributed by atoms with E-state index in [2.05, 4.69) is 26.3 Å². The van der Waals surface area contributed by atoms with Crippen LogP contribution in [0.4, 0.5) is 0 Å². The minimum absolute atomic E-state index is 0.0607. The summed E-state index contributed by atoms with van der Waals surface area (Å²) in [5, 5.41) is 10.2. The molecule has 1 N–H and O–H groups in total. The molecule has 3 aliphatic rings. The molecule has 3 fully saturated rings. The Morgan fingerprint density at radius 2 is 2.00 bits per heavy atom. The molecule has 0 spiro atoms. The Balaban J connectivity index is 1.92. The van der Waals surface area contributed by atoms with Crippen molar-refractivity contribution in [3.63, 3.8) is 0 Å². The predicted molar refractivity (Wildman–Crippen MR) is 93.9 cm³/mol. The molecule has 0 aromatic heterocycles. The van der Waals surface area contributed by atoms with E-state index in [4.69, 9.17) is 14.2 Å². The van der Waals surface area contributed by atoms with Gasteiger partial charge in [-0.3, -0.25) is 0 Å². The van der Waals surface area contributed by atoms with E-state index in [0.717, 1.165) is 5.57 Å². The smallest absolute Gasteiger partial charge is 0.336 e. The predicted octanol–water partition coefficient (Wildman–Crippen LogP) is 1.71. The Morgan fingerprint density at radius 1 is 1.31 bits per heavy atom. The lowest BCUT2D eigenvalue weighted by Crippen LogP contribution is -2.36. The highest BCUT2D eigenvalue weighted by atomic mass is 16.6. The normalized spacial score (nSPS) is 36.2. The fraction of sp³-hybridized carbons (Fsp3) is 0.500. The van der Waals surface area contributed by atoms with Gasteiger partial charge < -0.3 is 19.3 Å². The number of aliphatic hydroxyl groups is 1. The minimum Gasteiger partial charge on any atom is -0.458 e. The quantitative estimate of drug-likeness (QED) is 0.467. The zero-order valence-electron chi connectivity index (χ0n) is 14.9. The maximum atomic E-state index is 12.3. The van der Waals surface area contributed by atoms with Gasteiger partial charge in [-0.05, 0) is 17.9 Å². The molecule has 6 atom stereocenters. The van der Waals surface area contributed by atoms with Crippen LogP contribution in [0.25, 0.3) is 0 Å². The molecule has 0 radical (unpaired) electrons. The summed E-state index contributed by atoms with van der Waals surface area (Å²) in [6.07, 6.45) is -1.02. The van der Waals surface area contributed by atoms with E-state index in [1.54, 1.807) is 0 Å². The van der Waals surface area contributed by atoms with Gasteiger partial charge in [0.25, 0.3) is 0 Å². The lowest BCUT2D eigenvalue weighted by Gasteiger charge is -2.28. The van der Waals surface area contributed by atoms with Gasteiger partial charge in [-0.2, -0.15) is 0 Å². The Labute approximate surface area is 152 Å². The van der Waals surface area contributed by atoms with Crippen molar-refractivity contribution in [2.24, 2.45) is 17.8 Å². The zero-order chi connectivity index (χ0) is 19.2. The summed E-state index contributed by atoms with van der Waals surface area (Å²) < 4.78 is 16.1. The van der Waals surface area contributed by atoms with Crippen molar-refractivity contribution in [1.29, 1.82) is 0 Å². The molecule has 0 amide bonds. The van der Waals surface area contributed by atoms with Crippen molar-refractivity contribution in [2.45, 2.75) is 31.2 Å². The van der Waals surface area contributed by atoms with Crippen LogP contribution in [0.5, 0.6) is 0 Å². The zero-order valence-corrected chi connectivity index (χ0v) is 14.9. The largest absolute Gasteiger partial charge is 0.458 e. The topological polar surface area (TPSA) is 82.1 Å². The van der Waals surface area contributed by atoms with Crippen molar-refractivity contribution in [3.8, 4) is 0 Å². The van der Waals surface area contributed by atoms with E-state index in [-0.39, 0.29) is 29.6 Å². The van der Waals surface area contributed by atoms with Crippen LogP contribution in [-0.4, -0.2) is 49.1 Å². The van der Waals surface area contributed by atoms with Gasteiger partial charge in [0, 0.05) is 25.0 Å². The minimum atomic E-state index is -0.657. The summed E-state index contributed by atoms with van der Waals surface area (Å²) in [6, 6.07) is 0. The molecule has 1 aliphatic heterocycles. The number of hydrogen-bond donors (Lipinski definition) is 1. The summed E-state index contributed by atoms with van der Waals surface area (Å²) in [5.41, 5.74) is 1.94. The van der Waals surface area contributed by atoms with Gasteiger partial charge >= 0.3 is 11.9 Å². The van der Waals surface area contributed by atoms with E-state index < -0.39 is 36.2 Å². The fourth-order valence-corrected chi connectivity index (χ4v) is 4.32. The average Bonchev–Trinajstić information content (AvgIpc) is 3.00. The van der Waals surface area contributed by atoms with Crippen LogP contribution in [0, 0.1) is 17.8 Å². The monoisotopic (exact) mass is 360 g/mol. The Hall–Kier alpha value is -2.18. The van der Waals surface area contributed by atoms with Crippen LogP contribution in [0.15, 0.2) is 48.6 Å². The molecule has 6 heteroatoms. The van der Waals surface area contributed by atoms with Gasteiger partial charge in [0.15, 0.2) is 0 Å². The first-order valence-electron chi connectivity index (χ1n) is 8.58. The summed E-state index contributed by atoms with van der Waals surface area (Å²) in [4.78, 5) is 24.5. The summed E-state index contributed by atoms with van der Waals surface area (Å²) in [6.45, 7) is 15.7. The number of ether oxygens (including phenoxy) is 3. The van der Waals surface area contributed by atoms with Crippen molar-refractivity contribution < 1.29 is 28.9 Å². The van der Waals surface area contributed by atoms with Gasteiger partial charge in [-0.25, -0.2) is 9.59 Å². The standard InChI is InChI=1S/C20H24O6/c1-9-6-15(25-19(22)10(2)8-24-5)17-12(4)20(23)26-18(17)16-11(3)14(21)7-13(9)16/h13-18,21H,1-4,6-8H2,5H3. The van der Waals surface area contributed by atoms with E-state index >= 15 is 0 Å². The first kappa shape index (κ1) is 18.6. The second-order valence-corrected chi connectivity index (χ2v) is 7.22. The first-order chi connectivity index (χ1) is 12.3. The van der Waals surface area contributed by atoms with Crippen LogP contribution in [0.2, 0.25) is 0 Å². The van der Waals surface area contributed by atoms with Gasteiger partial charge in [0.05, 0.1) is 24.2 Å². The van der Waals surface area contributed by atoms with Crippen LogP contribution in [0.1, 0.15) is 12.8 Å². The highest BCUT2D eigenvalue weighted by Crippen LogP contribution is 2.52. The van der Waals surface area contributed by atoms with E-state index in [1.165, 1.54) is 7.11 Å². The Morgan fingerprint density at radius 3 is 2.65 bits per heavy atom. The lowest BCUT2D eigenvalue weighted by molar-refractivity contribution is -0.148. The second-order valence-electron chi connectivity index (χ2n) is 7.22. The molecule has 140 valence electrons. The number of carbonyl (C=O) groups is 2. The number of esters is 2. The molecule has 2 saturated carbocycles. The molecular weight excluding hydrogens is 336 g/mol. The fourth-order valence-electron chi connectivity index (χ4n) is 4.32. The van der Waals surface area contributed by atoms with Gasteiger partial charge in [0.2, 0.25) is 0 Å². The first-order valence-corrected chi connectivity index (χ1v) is 8.58. The van der Waals surface area contributed by atoms with Crippen LogP contribution in [0.3, 0.4) is 0 Å². The van der Waals surface area contributed by atoms with Crippen molar-refractivity contribution in [1.82, 2.24) is 0 Å². The Kier molecular flexibility index (Phi) is 4.90. The molecule has 0 bridgehead atoms. The number of rotatable bonds is 4. The van der Waals surface area contributed by atoms with Gasteiger partial charge in [0.1, 0.15) is 12.2 Å². The molecule has 1 heterocycles. The molecule has 6 unspecified atom stereocenters. The molecule has 6 nitrogen and oxygen atoms in total. The maximum absolute atomic E-state index is 12.3. The van der Waals surface area contributed by atoms with Crippen molar-refractivity contribution >= 4 is 11.9 Å².